The number of nitrogens with zero attached hydrogens (tertiary/aromatic N) is 9. The molecule has 0 radical (unpaired) electrons. The van der Waals surface area contributed by atoms with Crippen molar-refractivity contribution in [3.63, 3.8) is 0 Å². The average molecular weight is 1300 g/mol. The summed E-state index contributed by atoms with van der Waals surface area (Å²) < 4.78 is 115. The van der Waals surface area contributed by atoms with E-state index in [1.807, 2.05) is 9.97 Å². The van der Waals surface area contributed by atoms with Gasteiger partial charge in [0.2, 0.25) is 5.95 Å². The number of nitrogen functional groups attached to an aromatic ring is 2. The van der Waals surface area contributed by atoms with Gasteiger partial charge in [0.1, 0.15) is 85.1 Å². The zero-order valence-electron chi connectivity index (χ0n) is 42.7. The summed E-state index contributed by atoms with van der Waals surface area (Å²) in [5.41, 5.74) is 5.83. The van der Waals surface area contributed by atoms with Gasteiger partial charge < -0.3 is 80.4 Å². The lowest BCUT2D eigenvalue weighted by Gasteiger charge is -2.26. The van der Waals surface area contributed by atoms with Crippen LogP contribution in [0, 0.1) is 0 Å². The topological polar surface area (TPSA) is 641 Å². The molecule has 0 amide bonds. The lowest BCUT2D eigenvalue weighted by atomic mass is 10.1. The molecule has 0 aromatic carbocycles. The largest absolute Gasteiger partial charge is 0.472 e. The molecular formula is C38H48N14O30P4. The summed E-state index contributed by atoms with van der Waals surface area (Å²) in [6.07, 6.45) is -27.1. The summed E-state index contributed by atoms with van der Waals surface area (Å²) >= 11 is 0. The van der Waals surface area contributed by atoms with Gasteiger partial charge in [-0.1, -0.05) is 0 Å². The predicted octanol–water partition coefficient (Wildman–Crippen LogP) is -6.77. The van der Waals surface area contributed by atoms with Gasteiger partial charge in [-0.25, -0.2) is 47.8 Å². The van der Waals surface area contributed by atoms with Crippen molar-refractivity contribution in [2.75, 3.05) is 37.9 Å². The van der Waals surface area contributed by atoms with Crippen LogP contribution in [0.1, 0.15) is 24.9 Å². The molecule has 470 valence electrons. The summed E-state index contributed by atoms with van der Waals surface area (Å²) in [6, 6.07) is 1.68. The Kier molecular flexibility index (Phi) is 17.7. The molecule has 0 spiro atoms. The van der Waals surface area contributed by atoms with E-state index in [2.05, 4.69) is 34.4 Å². The van der Waals surface area contributed by atoms with Gasteiger partial charge in [0.15, 0.2) is 47.5 Å². The van der Waals surface area contributed by atoms with E-state index in [0.29, 0.717) is 9.13 Å². The maximum atomic E-state index is 14.0. The van der Waals surface area contributed by atoms with Crippen molar-refractivity contribution in [1.29, 1.82) is 0 Å². The van der Waals surface area contributed by atoms with Gasteiger partial charge in [0, 0.05) is 24.5 Å². The molecule has 0 bridgehead atoms. The number of aromatic amines is 3. The van der Waals surface area contributed by atoms with E-state index in [1.165, 1.54) is 0 Å². The number of aromatic nitrogens is 12. The lowest BCUT2D eigenvalue weighted by Crippen LogP contribution is -2.39. The van der Waals surface area contributed by atoms with E-state index in [4.69, 9.17) is 57.6 Å². The molecule has 86 heavy (non-hydrogen) atoms. The second-order valence-electron chi connectivity index (χ2n) is 18.9. The third-order valence-corrected chi connectivity index (χ3v) is 16.7. The first-order valence-corrected chi connectivity index (χ1v) is 30.4. The minimum absolute atomic E-state index is 0.00280. The van der Waals surface area contributed by atoms with Crippen molar-refractivity contribution in [2.24, 2.45) is 0 Å². The first-order chi connectivity index (χ1) is 40.4. The zero-order valence-corrected chi connectivity index (χ0v) is 46.3. The molecule has 6 aromatic rings. The highest BCUT2D eigenvalue weighted by atomic mass is 31.2. The van der Waals surface area contributed by atoms with Crippen molar-refractivity contribution < 1.29 is 119 Å². The van der Waals surface area contributed by atoms with Crippen molar-refractivity contribution in [3.8, 4) is 0 Å². The number of nitrogens with two attached hydrogens (primary N) is 2. The molecule has 0 aliphatic carbocycles. The number of hydrogen-bond acceptors (Lipinski definition) is 32. The number of aliphatic hydroxyl groups is 5. The normalized spacial score (nSPS) is 31.8. The molecule has 4 saturated heterocycles. The molecule has 48 heteroatoms. The molecule has 17 N–H and O–H groups in total. The fourth-order valence-corrected chi connectivity index (χ4v) is 12.6. The van der Waals surface area contributed by atoms with Crippen LogP contribution in [0.4, 0.5) is 11.8 Å². The number of nitrogens with one attached hydrogen (secondary N) is 3. The highest BCUT2D eigenvalue weighted by Gasteiger charge is 2.55. The number of phosphoric ester groups is 4. The smallest absolute Gasteiger partial charge is 0.387 e. The van der Waals surface area contributed by atoms with Gasteiger partial charge in [-0.05, 0) is 0 Å². The molecule has 19 atom stereocenters. The summed E-state index contributed by atoms with van der Waals surface area (Å²) in [5, 5.41) is 56.1. The number of ether oxygens (including phenoxy) is 4. The van der Waals surface area contributed by atoms with Crippen LogP contribution in [0.25, 0.3) is 22.3 Å². The average Bonchev–Trinajstić information content (AvgIpc) is 1.93. The quantitative estimate of drug-likeness (QED) is 0.0281. The molecule has 0 saturated carbocycles. The Balaban J connectivity index is 0.872. The van der Waals surface area contributed by atoms with Gasteiger partial charge in [-0.3, -0.25) is 79.3 Å². The molecule has 4 aliphatic heterocycles. The molecule has 3 unspecified atom stereocenters. The Hall–Kier alpha value is -6.06. The summed E-state index contributed by atoms with van der Waals surface area (Å²) in [7, 11) is -22.4. The van der Waals surface area contributed by atoms with Crippen LogP contribution in [-0.4, -0.2) is 208 Å². The van der Waals surface area contributed by atoms with Crippen LogP contribution in [0.3, 0.4) is 0 Å². The number of hydrogen-bond donors (Lipinski definition) is 15. The Morgan fingerprint density at radius 2 is 0.907 bits per heavy atom. The number of rotatable bonds is 22. The van der Waals surface area contributed by atoms with Gasteiger partial charge in [-0.2, -0.15) is 4.98 Å². The Bertz CT molecular complexity index is 4020. The second kappa shape index (κ2) is 24.1. The third-order valence-electron chi connectivity index (χ3n) is 13.3. The van der Waals surface area contributed by atoms with Gasteiger partial charge in [-0.15, -0.1) is 0 Å². The number of imidazole rings is 2. The van der Waals surface area contributed by atoms with Crippen molar-refractivity contribution in [3.05, 3.63) is 95.5 Å². The number of fused-ring (bicyclic) bond motifs is 2. The van der Waals surface area contributed by atoms with E-state index >= 15 is 0 Å². The van der Waals surface area contributed by atoms with E-state index in [9.17, 15) is 92.2 Å². The molecule has 4 aliphatic rings. The van der Waals surface area contributed by atoms with Crippen LogP contribution in [0.15, 0.2) is 67.5 Å². The highest BCUT2D eigenvalue weighted by molar-refractivity contribution is 7.48. The van der Waals surface area contributed by atoms with Crippen LogP contribution in [0.2, 0.25) is 0 Å². The van der Waals surface area contributed by atoms with Crippen LogP contribution >= 0.6 is 31.3 Å². The monoisotopic (exact) mass is 1300 g/mol. The molecular weight excluding hydrogens is 1260 g/mol. The number of aliphatic hydroxyl groups excluding tert-OH is 5. The van der Waals surface area contributed by atoms with Crippen LogP contribution in [0.5, 0.6) is 0 Å². The molecule has 10 rings (SSSR count). The van der Waals surface area contributed by atoms with Crippen molar-refractivity contribution in [2.45, 2.75) is 98.2 Å². The molecule has 44 nitrogen and oxygen atoms in total. The minimum atomic E-state index is -5.83. The maximum Gasteiger partial charge on any atom is 0.472 e. The Morgan fingerprint density at radius 3 is 1.37 bits per heavy atom. The van der Waals surface area contributed by atoms with Crippen molar-refractivity contribution in [1.82, 2.24) is 58.1 Å². The second-order valence-corrected chi connectivity index (χ2v) is 24.4. The molecule has 4 fully saturated rings. The van der Waals surface area contributed by atoms with Gasteiger partial charge in [0.25, 0.3) is 16.7 Å². The van der Waals surface area contributed by atoms with Crippen LogP contribution < -0.4 is 39.5 Å². The van der Waals surface area contributed by atoms with E-state index in [0.717, 1.165) is 52.6 Å². The fourth-order valence-electron chi connectivity index (χ4n) is 9.40. The van der Waals surface area contributed by atoms with Crippen LogP contribution in [-0.2, 0) is 68.9 Å². The number of H-pyrrole nitrogens is 3. The predicted molar refractivity (Wildman–Crippen MR) is 271 cm³/mol. The fraction of sp³-hybridized carbons (Fsp3) is 0.526. The first-order valence-electron chi connectivity index (χ1n) is 24.4. The van der Waals surface area contributed by atoms with Gasteiger partial charge in [0.05, 0.1) is 39.1 Å². The van der Waals surface area contributed by atoms with E-state index in [1.54, 1.807) is 0 Å². The number of anilines is 2. The first kappa shape index (κ1) is 63.0. The zero-order chi connectivity index (χ0) is 62.1. The maximum absolute atomic E-state index is 14.0. The van der Waals surface area contributed by atoms with E-state index in [-0.39, 0.29) is 28.1 Å². The Labute approximate surface area is 473 Å². The summed E-state index contributed by atoms with van der Waals surface area (Å²) in [4.78, 5) is 139. The lowest BCUT2D eigenvalue weighted by molar-refractivity contribution is -0.0647. The SMILES string of the molecule is Nc1nc2c(ncn2[C@@H]2O[C@H](COP(=O)(O)O[C@H]3[C@@H](O)[C@H](n4ccc(=O)[nH]c4=O)O[C@@H]3COP(=O)(O)O[C@H]3[C@@H](O)[C@H](n4cnc5c(N)ncnc54)O[C@@H]3COP(=O)(O)O)[C@@H](OP(=O)(O)OC[C@H]3O[C@@H](n4ccc(=O)[nH]c4=O)[C@H](O)[C@@H]3O)[C@H]2O)c(=O)[nH]1. The third kappa shape index (κ3) is 13.2. The highest BCUT2D eigenvalue weighted by Crippen LogP contribution is 2.54. The standard InChI is InChI=1S/C38H48N14O30P4/c39-28-18-29(42-9-41-28)51(10-43-18)34-23(58)25(13(78-34)6-72-83(63,64)65)80-85(68,69)74-7-14-26(22(57)33(77-14)50-4-2-17(54)46-38(50)62)81-86(70,71)75-8-15-27(24(59)35(79-15)52-11-44-19-30(52)47-36(40)48-31(19)60)82-84(66,67)73-5-12-20(55)21(56)32(76-12)49-3-1-16(53)45-37(49)61/h1-4,9-15,20-27,32-35,55-59H,5-8H2,(H,66,67)(H,68,69)(H,70,71)(H2,39,41,42)(H,45,53,61)(H,46,54,62)(H2,63,64,65)(H3,40,47,48,60)/t12-,13-,14-,15-,20-,21-,22-,23-,24-,25-,26-,27-,32-,33-,34-,35-/m1/s1. The Morgan fingerprint density at radius 1 is 0.500 bits per heavy atom. The van der Waals surface area contributed by atoms with Gasteiger partial charge >= 0.3 is 42.7 Å². The summed E-state index contributed by atoms with van der Waals surface area (Å²) in [5.74, 6) is -0.585. The minimum Gasteiger partial charge on any atom is -0.387 e. The number of phosphoric acid groups is 4. The van der Waals surface area contributed by atoms with Crippen molar-refractivity contribution >= 4 is 65.4 Å². The molecule has 10 heterocycles. The van der Waals surface area contributed by atoms with E-state index < -0.39 is 190 Å². The summed E-state index contributed by atoms with van der Waals surface area (Å²) in [6.45, 7) is -4.88. The molecule has 6 aromatic heterocycles.